The van der Waals surface area contributed by atoms with Gasteiger partial charge in [-0.2, -0.15) is 0 Å². The number of ether oxygens (including phenoxy) is 8. The van der Waals surface area contributed by atoms with Gasteiger partial charge >= 0.3 is 67.2 Å². The molecule has 5 heterocycles. The zero-order chi connectivity index (χ0) is 56.1. The first-order chi connectivity index (χ1) is 38.7. The molecule has 12 aliphatic carbocycles. The van der Waals surface area contributed by atoms with Crippen molar-refractivity contribution in [2.75, 3.05) is 56.9 Å². The number of esters is 8. The standard InChI is InChI=1S/C60H52N4O16.Zn/c1-73-53(65)45-21-9-10-22(46(45)54(66)74-2)38-30-18-32-40-24-13-14-26(50(58(70)78-6)48(24)56(68)76-4)42(40)34(63-32)20-36-44-28-16-15-27(51(59(71)79-7)52(28)60(72)80-8)43(44)35(64-36)19-33-41-25-12-11-23(47(55(67)75-3)49(25)57(69)77-5)39(41)31(62-33)17-29(61-30)37(21)38;/h17-28H,9-16H2,1-8H3;/q-2;+2. The summed E-state index contributed by atoms with van der Waals surface area (Å²) in [6.45, 7) is 0. The number of fused-ring (bicyclic) bond motifs is 12. The van der Waals surface area contributed by atoms with Crippen LogP contribution in [-0.2, 0) is 95.7 Å². The molecule has 81 heavy (non-hydrogen) atoms. The van der Waals surface area contributed by atoms with E-state index in [1.165, 1.54) is 56.9 Å². The first-order valence-electron chi connectivity index (χ1n) is 26.5. The van der Waals surface area contributed by atoms with Crippen molar-refractivity contribution in [3.8, 4) is 0 Å². The van der Waals surface area contributed by atoms with Gasteiger partial charge in [0.15, 0.2) is 0 Å². The van der Waals surface area contributed by atoms with E-state index in [1.807, 2.05) is 24.3 Å². The third kappa shape index (κ3) is 7.28. The van der Waals surface area contributed by atoms with Crippen LogP contribution in [0.5, 0.6) is 0 Å². The van der Waals surface area contributed by atoms with Gasteiger partial charge in [-0.25, -0.2) is 48.3 Å². The molecule has 0 spiro atoms. The van der Waals surface area contributed by atoms with Gasteiger partial charge in [-0.1, -0.05) is 46.5 Å². The molecular formula is C60H52N4O16Zn. The fraction of sp³-hybridized carbons (Fsp3) is 0.400. The molecule has 0 saturated carbocycles. The number of nitrogens with zero attached hydrogens (tertiary/aromatic N) is 4. The second-order valence-corrected chi connectivity index (χ2v) is 21.4. The van der Waals surface area contributed by atoms with Crippen molar-refractivity contribution in [2.24, 2.45) is 23.7 Å². The Morgan fingerprint density at radius 3 is 0.642 bits per heavy atom. The molecule has 21 heteroatoms. The molecule has 0 aromatic carbocycles. The van der Waals surface area contributed by atoms with E-state index in [-0.39, 0.29) is 64.1 Å². The summed E-state index contributed by atoms with van der Waals surface area (Å²) in [5, 5.41) is 0. The Morgan fingerprint density at radius 1 is 0.309 bits per heavy atom. The average molecular weight is 1150 g/mol. The first kappa shape index (κ1) is 53.6. The third-order valence-corrected chi connectivity index (χ3v) is 18.4. The summed E-state index contributed by atoms with van der Waals surface area (Å²) in [4.78, 5) is 134. The normalized spacial score (nSPS) is 24.9. The smallest absolute Gasteiger partial charge is 0.657 e. The van der Waals surface area contributed by atoms with Crippen LogP contribution in [0.3, 0.4) is 0 Å². The molecule has 16 bridgehead atoms. The molecule has 17 rings (SSSR count). The maximum atomic E-state index is 14.0. The minimum absolute atomic E-state index is 0. The molecule has 20 nitrogen and oxygen atoms in total. The fourth-order valence-corrected chi connectivity index (χ4v) is 15.6. The Hall–Kier alpha value is -8.06. The van der Waals surface area contributed by atoms with Gasteiger partial charge in [0.1, 0.15) is 0 Å². The van der Waals surface area contributed by atoms with Gasteiger partial charge in [0, 0.05) is 47.3 Å². The Morgan fingerprint density at radius 2 is 0.469 bits per heavy atom. The molecule has 8 atom stereocenters. The van der Waals surface area contributed by atoms with E-state index in [1.54, 1.807) is 0 Å². The number of carbonyl (C=O) groups excluding carboxylic acids is 8. The number of carbonyl (C=O) groups is 8. The topological polar surface area (TPSA) is 264 Å². The average Bonchev–Trinajstić information content (AvgIpc) is 4.41. The van der Waals surface area contributed by atoms with E-state index in [0.29, 0.717) is 141 Å². The van der Waals surface area contributed by atoms with Crippen molar-refractivity contribution in [1.29, 1.82) is 0 Å². The minimum atomic E-state index is -0.706. The maximum absolute atomic E-state index is 14.0. The van der Waals surface area contributed by atoms with Crippen LogP contribution in [0, 0.1) is 23.7 Å². The molecule has 0 N–H and O–H groups in total. The van der Waals surface area contributed by atoms with Crippen LogP contribution in [-0.4, -0.2) is 115 Å². The number of aromatic nitrogens is 4. The van der Waals surface area contributed by atoms with Gasteiger partial charge in [-0.05, 0) is 73.7 Å². The van der Waals surface area contributed by atoms with Crippen LogP contribution in [0.15, 0.2) is 68.9 Å². The molecule has 410 valence electrons. The van der Waals surface area contributed by atoms with E-state index < -0.39 is 95.1 Å². The van der Waals surface area contributed by atoms with E-state index in [0.717, 1.165) is 0 Å². The summed E-state index contributed by atoms with van der Waals surface area (Å²) >= 11 is 0. The summed E-state index contributed by atoms with van der Waals surface area (Å²) in [6.07, 6.45) is 3.53. The molecule has 0 radical (unpaired) electrons. The van der Waals surface area contributed by atoms with Gasteiger partial charge in [0.2, 0.25) is 0 Å². The van der Waals surface area contributed by atoms with Crippen molar-refractivity contribution in [3.05, 3.63) is 114 Å². The molecule has 8 unspecified atom stereocenters. The van der Waals surface area contributed by atoms with E-state index in [2.05, 4.69) is 0 Å². The van der Waals surface area contributed by atoms with E-state index >= 15 is 0 Å². The number of allylic oxidation sites excluding steroid dienone is 4. The van der Waals surface area contributed by atoms with E-state index in [9.17, 15) is 38.4 Å². The SMILES string of the molecule is COC(=O)C1=C(C(=O)OC)C2CCC1C1=C2c2cc3[n-]c(cc4nc(cc5[n-]c(cc1n2)c1c5C2CCC1C(C(=O)OC)=C2C(=O)OC)C1=C4C2CCC1C(C(=O)OC)=C2C(=O)OC)c1c3C2CCC1C(C(=O)OC)=C2C(=O)OC.[Zn+2]. The summed E-state index contributed by atoms with van der Waals surface area (Å²) < 4.78 is 43.0. The zero-order valence-corrected chi connectivity index (χ0v) is 48.6. The van der Waals surface area contributed by atoms with Crippen LogP contribution in [0.1, 0.15) is 120 Å². The molecule has 3 aromatic heterocycles. The molecule has 14 aliphatic rings. The van der Waals surface area contributed by atoms with Gasteiger partial charge in [-0.15, -0.1) is 22.1 Å². The van der Waals surface area contributed by atoms with Crippen LogP contribution in [0.25, 0.3) is 44.4 Å². The Balaban J connectivity index is 0.00000651. The fourth-order valence-electron chi connectivity index (χ4n) is 15.6. The van der Waals surface area contributed by atoms with E-state index in [4.69, 9.17) is 57.8 Å². The summed E-state index contributed by atoms with van der Waals surface area (Å²) in [5.41, 5.74) is 9.72. The third-order valence-electron chi connectivity index (χ3n) is 18.4. The van der Waals surface area contributed by atoms with Crippen LogP contribution >= 0.6 is 0 Å². The van der Waals surface area contributed by atoms with Crippen LogP contribution in [0.2, 0.25) is 0 Å². The molecule has 2 aliphatic heterocycles. The molecule has 0 saturated heterocycles. The minimum Gasteiger partial charge on any atom is -0.657 e. The predicted octanol–water partition coefficient (Wildman–Crippen LogP) is 5.99. The van der Waals surface area contributed by atoms with Crippen LogP contribution in [0.4, 0.5) is 0 Å². The molecular weight excluding hydrogens is 1100 g/mol. The largest absolute Gasteiger partial charge is 2.00 e. The monoisotopic (exact) mass is 1150 g/mol. The van der Waals surface area contributed by atoms with Crippen molar-refractivity contribution < 1.29 is 95.7 Å². The first-order valence-corrected chi connectivity index (χ1v) is 26.5. The second-order valence-electron chi connectivity index (χ2n) is 21.4. The molecule has 0 amide bonds. The summed E-state index contributed by atoms with van der Waals surface area (Å²) in [5.74, 6) is -11.2. The zero-order valence-electron chi connectivity index (χ0n) is 45.6. The maximum Gasteiger partial charge on any atom is 2.00 e. The quantitative estimate of drug-likeness (QED) is 0.142. The number of hydrogen-bond donors (Lipinski definition) is 0. The van der Waals surface area contributed by atoms with Crippen molar-refractivity contribution >= 4 is 92.1 Å². The number of methoxy groups -OCH3 is 8. The van der Waals surface area contributed by atoms with Crippen molar-refractivity contribution in [3.63, 3.8) is 0 Å². The number of hydrogen-bond acceptors (Lipinski definition) is 18. The molecule has 3 aromatic rings. The Bertz CT molecular complexity index is 3420. The summed E-state index contributed by atoms with van der Waals surface area (Å²) in [6, 6.07) is 7.27. The van der Waals surface area contributed by atoms with Crippen LogP contribution < -0.4 is 9.97 Å². The second kappa shape index (κ2) is 19.6. The van der Waals surface area contributed by atoms with Gasteiger partial charge in [0.05, 0.1) is 124 Å². The van der Waals surface area contributed by atoms with Gasteiger partial charge in [-0.3, -0.25) is 0 Å². The summed E-state index contributed by atoms with van der Waals surface area (Å²) in [7, 11) is 10.0. The Kier molecular flexibility index (Phi) is 13.0. The predicted molar refractivity (Wildman–Crippen MR) is 279 cm³/mol. The molecule has 0 fully saturated rings. The van der Waals surface area contributed by atoms with Crippen molar-refractivity contribution in [2.45, 2.75) is 75.0 Å². The van der Waals surface area contributed by atoms with Crippen molar-refractivity contribution in [1.82, 2.24) is 19.9 Å². The van der Waals surface area contributed by atoms with Gasteiger partial charge < -0.3 is 47.9 Å². The Labute approximate surface area is 475 Å². The van der Waals surface area contributed by atoms with Gasteiger partial charge in [0.25, 0.3) is 0 Å². The number of rotatable bonds is 8.